The monoisotopic (exact) mass is 334 g/mol. The van der Waals surface area contributed by atoms with E-state index in [2.05, 4.69) is 38.1 Å². The molecule has 2 saturated heterocycles. The van der Waals surface area contributed by atoms with Crippen LogP contribution in [0.2, 0.25) is 0 Å². The fourth-order valence-corrected chi connectivity index (χ4v) is 4.18. The second kappa shape index (κ2) is 6.06. The topological polar surface area (TPSA) is 59.4 Å². The number of urea groups is 1. The quantitative estimate of drug-likeness (QED) is 0.924. The number of carbonyl (C=O) groups excluding carboxylic acids is 1. The zero-order valence-corrected chi connectivity index (χ0v) is 15.5. The van der Waals surface area contributed by atoms with Gasteiger partial charge in [-0.05, 0) is 53.0 Å². The molecule has 0 aromatic carbocycles. The van der Waals surface area contributed by atoms with E-state index in [4.69, 9.17) is 4.74 Å². The van der Waals surface area contributed by atoms with Crippen molar-refractivity contribution in [2.24, 2.45) is 7.05 Å². The molecule has 6 heteroatoms. The van der Waals surface area contributed by atoms with Crippen LogP contribution in [0.3, 0.4) is 0 Å². The van der Waals surface area contributed by atoms with Gasteiger partial charge in [-0.25, -0.2) is 4.79 Å². The lowest BCUT2D eigenvalue weighted by Crippen LogP contribution is -2.52. The maximum absolute atomic E-state index is 12.9. The van der Waals surface area contributed by atoms with Crippen LogP contribution in [-0.4, -0.2) is 50.5 Å². The predicted octanol–water partition coefficient (Wildman–Crippen LogP) is 2.48. The van der Waals surface area contributed by atoms with E-state index in [0.717, 1.165) is 32.2 Å². The van der Waals surface area contributed by atoms with E-state index < -0.39 is 0 Å². The number of likely N-dealkylation sites (tertiary alicyclic amines) is 1. The highest BCUT2D eigenvalue weighted by atomic mass is 16.5. The summed E-state index contributed by atoms with van der Waals surface area (Å²) in [6, 6.07) is 2.36. The van der Waals surface area contributed by atoms with E-state index in [-0.39, 0.29) is 29.3 Å². The maximum atomic E-state index is 12.9. The largest absolute Gasteiger partial charge is 0.367 e. The minimum absolute atomic E-state index is 0.0398. The second-order valence-corrected chi connectivity index (χ2v) is 8.31. The molecule has 2 amide bonds. The molecule has 3 heterocycles. The van der Waals surface area contributed by atoms with Crippen molar-refractivity contribution >= 4 is 6.03 Å². The summed E-state index contributed by atoms with van der Waals surface area (Å²) >= 11 is 0. The lowest BCUT2D eigenvalue weighted by molar-refractivity contribution is -0.0693. The first kappa shape index (κ1) is 17.3. The molecule has 2 aliphatic rings. The van der Waals surface area contributed by atoms with Crippen molar-refractivity contribution in [1.82, 2.24) is 20.0 Å². The Balaban J connectivity index is 1.65. The van der Waals surface area contributed by atoms with Crippen molar-refractivity contribution in [1.29, 1.82) is 0 Å². The molecule has 1 N–H and O–H groups in total. The van der Waals surface area contributed by atoms with Crippen molar-refractivity contribution < 1.29 is 9.53 Å². The molecular formula is C18H30N4O2. The molecule has 0 spiro atoms. The van der Waals surface area contributed by atoms with E-state index >= 15 is 0 Å². The maximum Gasteiger partial charge on any atom is 0.317 e. The summed E-state index contributed by atoms with van der Waals surface area (Å²) in [7, 11) is 1.95. The molecule has 134 valence electrons. The Morgan fingerprint density at radius 1 is 1.42 bits per heavy atom. The zero-order valence-electron chi connectivity index (χ0n) is 15.5. The summed E-state index contributed by atoms with van der Waals surface area (Å²) in [5.41, 5.74) is 0.641. The third kappa shape index (κ3) is 3.43. The van der Waals surface area contributed by atoms with Gasteiger partial charge >= 0.3 is 6.03 Å². The van der Waals surface area contributed by atoms with Crippen molar-refractivity contribution in [2.45, 2.75) is 76.7 Å². The molecule has 0 radical (unpaired) electrons. The van der Waals surface area contributed by atoms with Gasteiger partial charge in [0.2, 0.25) is 0 Å². The Labute approximate surface area is 144 Å². The zero-order chi connectivity index (χ0) is 17.5. The van der Waals surface area contributed by atoms with Crippen LogP contribution in [0.4, 0.5) is 4.79 Å². The Morgan fingerprint density at radius 3 is 2.75 bits per heavy atom. The van der Waals surface area contributed by atoms with E-state index in [1.165, 1.54) is 5.69 Å². The SMILES string of the molecule is Cn1nccc1C[C@@H]1CCCN1C(=O)NC1CC(C)(C)OC1(C)C. The molecule has 0 saturated carbocycles. The molecular weight excluding hydrogens is 304 g/mol. The highest BCUT2D eigenvalue weighted by molar-refractivity contribution is 5.75. The number of rotatable bonds is 3. The van der Waals surface area contributed by atoms with Crippen molar-refractivity contribution in [3.63, 3.8) is 0 Å². The smallest absolute Gasteiger partial charge is 0.317 e. The van der Waals surface area contributed by atoms with Gasteiger partial charge in [0.25, 0.3) is 0 Å². The van der Waals surface area contributed by atoms with Gasteiger partial charge in [0.1, 0.15) is 0 Å². The van der Waals surface area contributed by atoms with Crippen molar-refractivity contribution in [3.05, 3.63) is 18.0 Å². The Morgan fingerprint density at radius 2 is 2.17 bits per heavy atom. The highest BCUT2D eigenvalue weighted by Crippen LogP contribution is 2.37. The molecule has 2 aliphatic heterocycles. The normalized spacial score (nSPS) is 28.3. The van der Waals surface area contributed by atoms with Crippen LogP contribution < -0.4 is 5.32 Å². The Bertz CT molecular complexity index is 608. The summed E-state index contributed by atoms with van der Waals surface area (Å²) in [5.74, 6) is 0. The molecule has 24 heavy (non-hydrogen) atoms. The van der Waals surface area contributed by atoms with Gasteiger partial charge in [0.05, 0.1) is 17.2 Å². The number of hydrogen-bond acceptors (Lipinski definition) is 3. The van der Waals surface area contributed by atoms with Crippen LogP contribution in [0.25, 0.3) is 0 Å². The van der Waals surface area contributed by atoms with Gasteiger partial charge in [-0.15, -0.1) is 0 Å². The molecule has 3 rings (SSSR count). The van der Waals surface area contributed by atoms with Crippen LogP contribution in [0, 0.1) is 0 Å². The Hall–Kier alpha value is -1.56. The summed E-state index contributed by atoms with van der Waals surface area (Å²) in [6.07, 6.45) is 5.63. The average molecular weight is 334 g/mol. The average Bonchev–Trinajstić information content (AvgIpc) is 3.11. The van der Waals surface area contributed by atoms with Crippen molar-refractivity contribution in [3.8, 4) is 0 Å². The van der Waals surface area contributed by atoms with Crippen LogP contribution in [0.5, 0.6) is 0 Å². The van der Waals surface area contributed by atoms with Crippen LogP contribution >= 0.6 is 0 Å². The first-order valence-corrected chi connectivity index (χ1v) is 8.92. The Kier molecular flexibility index (Phi) is 4.36. The standard InChI is InChI=1S/C18H30N4O2/c1-17(2)12-15(18(3,4)24-17)20-16(23)22-10-6-7-14(22)11-13-8-9-19-21(13)5/h8-9,14-15H,6-7,10-12H2,1-5H3,(H,20,23)/t14-,15?/m0/s1. The molecule has 2 fully saturated rings. The van der Waals surface area contributed by atoms with Crippen LogP contribution in [-0.2, 0) is 18.2 Å². The molecule has 2 atom stereocenters. The van der Waals surface area contributed by atoms with Gasteiger partial charge in [0, 0.05) is 37.9 Å². The van der Waals surface area contributed by atoms with Gasteiger partial charge in [-0.2, -0.15) is 5.10 Å². The number of nitrogens with one attached hydrogen (secondary N) is 1. The molecule has 0 aliphatic carbocycles. The van der Waals surface area contributed by atoms with E-state index in [1.54, 1.807) is 0 Å². The number of carbonyl (C=O) groups is 1. The fraction of sp³-hybridized carbons (Fsp3) is 0.778. The first-order chi connectivity index (χ1) is 11.2. The first-order valence-electron chi connectivity index (χ1n) is 8.92. The summed E-state index contributed by atoms with van der Waals surface area (Å²) in [6.45, 7) is 9.11. The fourth-order valence-electron chi connectivity index (χ4n) is 4.18. The lowest BCUT2D eigenvalue weighted by Gasteiger charge is -2.31. The van der Waals surface area contributed by atoms with E-state index in [1.807, 2.05) is 28.9 Å². The number of aromatic nitrogens is 2. The lowest BCUT2D eigenvalue weighted by atomic mass is 9.94. The van der Waals surface area contributed by atoms with E-state index in [0.29, 0.717) is 0 Å². The van der Waals surface area contributed by atoms with Crippen LogP contribution in [0.15, 0.2) is 12.3 Å². The summed E-state index contributed by atoms with van der Waals surface area (Å²) in [5, 5.41) is 7.46. The van der Waals surface area contributed by atoms with Gasteiger partial charge in [-0.3, -0.25) is 4.68 Å². The number of amides is 2. The van der Waals surface area contributed by atoms with Gasteiger partial charge in [-0.1, -0.05) is 0 Å². The molecule has 1 aromatic heterocycles. The molecule has 1 aromatic rings. The predicted molar refractivity (Wildman–Crippen MR) is 92.8 cm³/mol. The molecule has 0 bridgehead atoms. The van der Waals surface area contributed by atoms with Gasteiger partial charge < -0.3 is 15.0 Å². The summed E-state index contributed by atoms with van der Waals surface area (Å²) < 4.78 is 7.99. The van der Waals surface area contributed by atoms with Crippen molar-refractivity contribution in [2.75, 3.05) is 6.54 Å². The van der Waals surface area contributed by atoms with Gasteiger partial charge in [0.15, 0.2) is 0 Å². The third-order valence-corrected chi connectivity index (χ3v) is 5.38. The summed E-state index contributed by atoms with van der Waals surface area (Å²) in [4.78, 5) is 14.9. The van der Waals surface area contributed by atoms with Crippen LogP contribution in [0.1, 0.15) is 52.7 Å². The van der Waals surface area contributed by atoms with E-state index in [9.17, 15) is 4.79 Å². The second-order valence-electron chi connectivity index (χ2n) is 8.31. The number of hydrogen-bond donors (Lipinski definition) is 1. The number of aryl methyl sites for hydroxylation is 1. The number of nitrogens with zero attached hydrogens (tertiary/aromatic N) is 3. The minimum Gasteiger partial charge on any atom is -0.367 e. The molecule has 6 nitrogen and oxygen atoms in total. The molecule has 1 unspecified atom stereocenters. The third-order valence-electron chi connectivity index (χ3n) is 5.38. The number of ether oxygens (including phenoxy) is 1. The minimum atomic E-state index is -0.337. The highest BCUT2D eigenvalue weighted by Gasteiger charge is 2.47.